The van der Waals surface area contributed by atoms with Crippen LogP contribution in [0.3, 0.4) is 0 Å². The fourth-order valence-corrected chi connectivity index (χ4v) is 2.42. The first-order valence-electron chi connectivity index (χ1n) is 7.48. The van der Waals surface area contributed by atoms with Gasteiger partial charge in [0.1, 0.15) is 17.6 Å². The first kappa shape index (κ1) is 13.7. The molecule has 4 nitrogen and oxygen atoms in total. The first-order chi connectivity index (χ1) is 9.79. The Morgan fingerprint density at radius 2 is 1.80 bits per heavy atom. The van der Waals surface area contributed by atoms with Gasteiger partial charge in [-0.25, -0.2) is 0 Å². The number of ether oxygens (including phenoxy) is 3. The number of phenolic OH excluding ortho intramolecular Hbond substituents is 1. The molecule has 2 heterocycles. The Labute approximate surface area is 119 Å². The van der Waals surface area contributed by atoms with Gasteiger partial charge in [-0.15, -0.1) is 0 Å². The molecule has 110 valence electrons. The summed E-state index contributed by atoms with van der Waals surface area (Å²) in [5.74, 6) is 1.09. The van der Waals surface area contributed by atoms with Crippen LogP contribution in [0.2, 0.25) is 0 Å². The first-order valence-corrected chi connectivity index (χ1v) is 7.48. The van der Waals surface area contributed by atoms with Crippen molar-refractivity contribution in [2.24, 2.45) is 0 Å². The molecule has 20 heavy (non-hydrogen) atoms. The molecule has 3 atom stereocenters. The molecule has 3 unspecified atom stereocenters. The molecule has 1 N–H and O–H groups in total. The van der Waals surface area contributed by atoms with Gasteiger partial charge in [0.25, 0.3) is 0 Å². The van der Waals surface area contributed by atoms with Gasteiger partial charge in [-0.1, -0.05) is 6.42 Å². The predicted molar refractivity (Wildman–Crippen MR) is 75.1 cm³/mol. The van der Waals surface area contributed by atoms with E-state index < -0.39 is 0 Å². The third kappa shape index (κ3) is 4.69. The van der Waals surface area contributed by atoms with E-state index in [4.69, 9.17) is 14.2 Å². The summed E-state index contributed by atoms with van der Waals surface area (Å²) in [6, 6.07) is 6.94. The molecule has 2 saturated heterocycles. The van der Waals surface area contributed by atoms with Gasteiger partial charge >= 0.3 is 0 Å². The Kier molecular flexibility index (Phi) is 4.43. The fraction of sp³-hybridized carbons (Fsp3) is 0.625. The highest BCUT2D eigenvalue weighted by Crippen LogP contribution is 2.25. The highest BCUT2D eigenvalue weighted by Gasteiger charge is 2.28. The number of rotatable bonds is 9. The molecule has 2 fully saturated rings. The quantitative estimate of drug-likeness (QED) is 0.557. The van der Waals surface area contributed by atoms with E-state index in [2.05, 4.69) is 0 Å². The SMILES string of the molecule is Oc1ccc(OC(CCCCC2CO2)CC2CO2)cc1. The van der Waals surface area contributed by atoms with E-state index in [9.17, 15) is 5.11 Å². The van der Waals surface area contributed by atoms with Crippen molar-refractivity contribution in [1.82, 2.24) is 0 Å². The molecule has 4 heteroatoms. The predicted octanol–water partition coefficient (Wildman–Crippen LogP) is 2.89. The summed E-state index contributed by atoms with van der Waals surface area (Å²) in [5, 5.41) is 9.29. The Morgan fingerprint density at radius 3 is 2.45 bits per heavy atom. The molecule has 0 aliphatic carbocycles. The second-order valence-electron chi connectivity index (χ2n) is 5.66. The van der Waals surface area contributed by atoms with Crippen molar-refractivity contribution >= 4 is 0 Å². The third-order valence-corrected chi connectivity index (χ3v) is 3.77. The number of hydrogen-bond acceptors (Lipinski definition) is 4. The van der Waals surface area contributed by atoms with Crippen molar-refractivity contribution in [2.75, 3.05) is 13.2 Å². The highest BCUT2D eigenvalue weighted by atomic mass is 16.6. The minimum Gasteiger partial charge on any atom is -0.508 e. The van der Waals surface area contributed by atoms with Crippen LogP contribution < -0.4 is 4.74 Å². The minimum atomic E-state index is 0.201. The van der Waals surface area contributed by atoms with Crippen LogP contribution in [-0.2, 0) is 9.47 Å². The number of benzene rings is 1. The van der Waals surface area contributed by atoms with Gasteiger partial charge in [0.2, 0.25) is 0 Å². The highest BCUT2D eigenvalue weighted by molar-refractivity contribution is 5.30. The van der Waals surface area contributed by atoms with E-state index in [1.165, 1.54) is 12.8 Å². The van der Waals surface area contributed by atoms with Crippen LogP contribution in [0.25, 0.3) is 0 Å². The maximum absolute atomic E-state index is 9.29. The summed E-state index contributed by atoms with van der Waals surface area (Å²) < 4.78 is 16.6. The number of aromatic hydroxyl groups is 1. The van der Waals surface area contributed by atoms with Crippen molar-refractivity contribution in [3.63, 3.8) is 0 Å². The van der Waals surface area contributed by atoms with Crippen molar-refractivity contribution < 1.29 is 19.3 Å². The molecule has 2 aliphatic rings. The van der Waals surface area contributed by atoms with Gasteiger partial charge in [0.15, 0.2) is 0 Å². The van der Waals surface area contributed by atoms with E-state index >= 15 is 0 Å². The van der Waals surface area contributed by atoms with Gasteiger partial charge in [-0.05, 0) is 43.5 Å². The molecule has 1 aromatic carbocycles. The summed E-state index contributed by atoms with van der Waals surface area (Å²) in [6.45, 7) is 1.81. The number of hydrogen-bond donors (Lipinski definition) is 1. The standard InChI is InChI=1S/C16H22O4/c17-12-5-7-13(8-6-12)20-14(9-16-11-19-16)3-1-2-4-15-10-18-15/h5-8,14-17H,1-4,9-11H2. The van der Waals surface area contributed by atoms with Crippen LogP contribution in [0.1, 0.15) is 32.1 Å². The fourth-order valence-electron chi connectivity index (χ4n) is 2.42. The Balaban J connectivity index is 1.44. The molecule has 2 aliphatic heterocycles. The molecule has 0 spiro atoms. The zero-order chi connectivity index (χ0) is 13.8. The molecule has 1 aromatic rings. The summed E-state index contributed by atoms with van der Waals surface area (Å²) in [7, 11) is 0. The van der Waals surface area contributed by atoms with Gasteiger partial charge in [-0.2, -0.15) is 0 Å². The molecule has 0 aromatic heterocycles. The summed E-state index contributed by atoms with van der Waals surface area (Å²) in [4.78, 5) is 0. The van der Waals surface area contributed by atoms with Gasteiger partial charge in [0, 0.05) is 6.42 Å². The zero-order valence-electron chi connectivity index (χ0n) is 11.7. The van der Waals surface area contributed by atoms with Crippen LogP contribution in [0.4, 0.5) is 0 Å². The maximum atomic E-state index is 9.29. The molecular weight excluding hydrogens is 256 g/mol. The summed E-state index contributed by atoms with van der Waals surface area (Å²) in [6.07, 6.45) is 6.65. The zero-order valence-corrected chi connectivity index (χ0v) is 11.7. The second kappa shape index (κ2) is 6.46. The monoisotopic (exact) mass is 278 g/mol. The Hall–Kier alpha value is -1.26. The number of phenols is 1. The topological polar surface area (TPSA) is 54.5 Å². The van der Waals surface area contributed by atoms with Crippen LogP contribution in [0.15, 0.2) is 24.3 Å². The van der Waals surface area contributed by atoms with Gasteiger partial charge in [-0.3, -0.25) is 0 Å². The van der Waals surface area contributed by atoms with E-state index in [-0.39, 0.29) is 11.9 Å². The normalized spacial score (nSPS) is 25.2. The summed E-state index contributed by atoms with van der Waals surface area (Å²) in [5.41, 5.74) is 0. The lowest BCUT2D eigenvalue weighted by Crippen LogP contribution is -2.19. The lowest BCUT2D eigenvalue weighted by molar-refractivity contribution is 0.163. The molecular formula is C16H22O4. The van der Waals surface area contributed by atoms with Crippen molar-refractivity contribution in [2.45, 2.75) is 50.4 Å². The van der Waals surface area contributed by atoms with Crippen molar-refractivity contribution in [3.05, 3.63) is 24.3 Å². The lowest BCUT2D eigenvalue weighted by Gasteiger charge is -2.18. The average molecular weight is 278 g/mol. The van der Waals surface area contributed by atoms with Crippen LogP contribution >= 0.6 is 0 Å². The molecule has 0 saturated carbocycles. The van der Waals surface area contributed by atoms with E-state index in [0.717, 1.165) is 38.2 Å². The summed E-state index contributed by atoms with van der Waals surface area (Å²) >= 11 is 0. The number of epoxide rings is 2. The van der Waals surface area contributed by atoms with Crippen molar-refractivity contribution in [1.29, 1.82) is 0 Å². The Bertz CT molecular complexity index is 409. The van der Waals surface area contributed by atoms with E-state index in [1.807, 2.05) is 12.1 Å². The molecule has 0 bridgehead atoms. The third-order valence-electron chi connectivity index (χ3n) is 3.77. The smallest absolute Gasteiger partial charge is 0.119 e. The van der Waals surface area contributed by atoms with E-state index in [0.29, 0.717) is 12.2 Å². The molecule has 0 radical (unpaired) electrons. The second-order valence-corrected chi connectivity index (χ2v) is 5.66. The molecule has 3 rings (SSSR count). The van der Waals surface area contributed by atoms with Crippen molar-refractivity contribution in [3.8, 4) is 11.5 Å². The van der Waals surface area contributed by atoms with E-state index in [1.54, 1.807) is 12.1 Å². The lowest BCUT2D eigenvalue weighted by atomic mass is 10.1. The van der Waals surface area contributed by atoms with Crippen LogP contribution in [0, 0.1) is 0 Å². The van der Waals surface area contributed by atoms with Gasteiger partial charge < -0.3 is 19.3 Å². The maximum Gasteiger partial charge on any atom is 0.119 e. The largest absolute Gasteiger partial charge is 0.508 e. The molecule has 0 amide bonds. The minimum absolute atomic E-state index is 0.201. The average Bonchev–Trinajstić information content (AvgIpc) is 3.32. The van der Waals surface area contributed by atoms with Gasteiger partial charge in [0.05, 0.1) is 25.4 Å². The van der Waals surface area contributed by atoms with Crippen LogP contribution in [-0.4, -0.2) is 36.6 Å². The van der Waals surface area contributed by atoms with Crippen LogP contribution in [0.5, 0.6) is 11.5 Å². The Morgan fingerprint density at radius 1 is 1.10 bits per heavy atom. The number of unbranched alkanes of at least 4 members (excludes halogenated alkanes) is 1.